The molecule has 1 aliphatic heterocycles. The van der Waals surface area contributed by atoms with E-state index < -0.39 is 6.04 Å². The summed E-state index contributed by atoms with van der Waals surface area (Å²) in [4.78, 5) is 18.6. The highest BCUT2D eigenvalue weighted by Crippen LogP contribution is 2.34. The number of aliphatic hydroxyl groups excluding tert-OH is 1. The summed E-state index contributed by atoms with van der Waals surface area (Å²) in [7, 11) is 1.70. The second-order valence-electron chi connectivity index (χ2n) is 4.00. The summed E-state index contributed by atoms with van der Waals surface area (Å²) in [6.07, 6.45) is 1.65. The van der Waals surface area contributed by atoms with Crippen molar-refractivity contribution >= 4 is 29.2 Å². The minimum Gasteiger partial charge on any atom is -0.395 e. The summed E-state index contributed by atoms with van der Waals surface area (Å²) >= 11 is 1.54. The zero-order valence-electron chi connectivity index (χ0n) is 10.1. The van der Waals surface area contributed by atoms with Gasteiger partial charge in [-0.05, 0) is 6.07 Å². The molecule has 1 atom stereocenters. The molecule has 4 N–H and O–H groups in total. The Bertz CT molecular complexity index is 455. The van der Waals surface area contributed by atoms with Gasteiger partial charge in [-0.2, -0.15) is 0 Å². The molecule has 0 radical (unpaired) electrons. The van der Waals surface area contributed by atoms with Crippen LogP contribution in [0.15, 0.2) is 17.2 Å². The van der Waals surface area contributed by atoms with E-state index in [1.165, 1.54) is 0 Å². The number of likely N-dealkylation sites (N-methyl/N-ethyl adjacent to an activating group) is 1. The number of anilines is 2. The van der Waals surface area contributed by atoms with Crippen molar-refractivity contribution in [2.24, 2.45) is 5.73 Å². The van der Waals surface area contributed by atoms with Crippen LogP contribution in [0.5, 0.6) is 0 Å². The van der Waals surface area contributed by atoms with Gasteiger partial charge in [-0.3, -0.25) is 4.79 Å². The minimum absolute atomic E-state index is 0.0508. The lowest BCUT2D eigenvalue weighted by Crippen LogP contribution is -2.42. The van der Waals surface area contributed by atoms with Crippen molar-refractivity contribution in [1.29, 1.82) is 0 Å². The van der Waals surface area contributed by atoms with Crippen LogP contribution in [0.1, 0.15) is 0 Å². The number of carbonyl (C=O) groups excluding carboxylic acids is 1. The van der Waals surface area contributed by atoms with E-state index in [0.717, 1.165) is 10.6 Å². The quantitative estimate of drug-likeness (QED) is 0.708. The highest BCUT2D eigenvalue weighted by molar-refractivity contribution is 7.99. The summed E-state index contributed by atoms with van der Waals surface area (Å²) in [5.41, 5.74) is 6.56. The number of amides is 1. The zero-order valence-corrected chi connectivity index (χ0v) is 10.9. The van der Waals surface area contributed by atoms with Crippen LogP contribution in [-0.2, 0) is 4.79 Å². The summed E-state index contributed by atoms with van der Waals surface area (Å²) in [5.74, 6) is 1.14. The molecule has 2 heterocycles. The Hall–Kier alpha value is -1.31. The van der Waals surface area contributed by atoms with Crippen molar-refractivity contribution in [2.75, 3.05) is 36.2 Å². The molecule has 2 rings (SSSR count). The number of nitrogens with zero attached hydrogens (tertiary/aromatic N) is 2. The lowest BCUT2D eigenvalue weighted by atomic mass is 10.3. The summed E-state index contributed by atoms with van der Waals surface area (Å²) in [5, 5.41) is 11.8. The molecule has 0 aliphatic carbocycles. The SMILES string of the molecule is CN1C(=O)[C@@H](N)CSc2cc(NCCO)ncc21. The molecule has 7 heteroatoms. The number of aromatic nitrogens is 1. The van der Waals surface area contributed by atoms with Crippen LogP contribution in [0, 0.1) is 0 Å². The maximum atomic E-state index is 11.9. The molecule has 0 bridgehead atoms. The van der Waals surface area contributed by atoms with Gasteiger partial charge in [0, 0.05) is 24.2 Å². The van der Waals surface area contributed by atoms with E-state index in [0.29, 0.717) is 18.1 Å². The predicted molar refractivity (Wildman–Crippen MR) is 71.9 cm³/mol. The number of hydrogen-bond acceptors (Lipinski definition) is 6. The van der Waals surface area contributed by atoms with E-state index in [1.54, 1.807) is 29.9 Å². The van der Waals surface area contributed by atoms with Gasteiger partial charge < -0.3 is 21.1 Å². The van der Waals surface area contributed by atoms with Gasteiger partial charge in [0.25, 0.3) is 0 Å². The van der Waals surface area contributed by atoms with Crippen molar-refractivity contribution in [3.63, 3.8) is 0 Å². The van der Waals surface area contributed by atoms with Gasteiger partial charge in [-0.25, -0.2) is 4.98 Å². The van der Waals surface area contributed by atoms with Gasteiger partial charge in [-0.1, -0.05) is 0 Å². The third kappa shape index (κ3) is 2.58. The standard InChI is InChI=1S/C11H16N4O2S/c1-15-8-5-14-10(13-2-3-16)4-9(8)18-6-7(12)11(15)17/h4-5,7,16H,2-3,6,12H2,1H3,(H,13,14)/t7-/m0/s1. The normalized spacial score (nSPS) is 19.4. The maximum Gasteiger partial charge on any atom is 0.244 e. The predicted octanol–water partition coefficient (Wildman–Crippen LogP) is -0.118. The average molecular weight is 268 g/mol. The number of nitrogens with one attached hydrogen (secondary N) is 1. The van der Waals surface area contributed by atoms with Crippen LogP contribution in [0.2, 0.25) is 0 Å². The Labute approximate surface area is 110 Å². The Balaban J connectivity index is 2.28. The molecule has 98 valence electrons. The van der Waals surface area contributed by atoms with E-state index in [2.05, 4.69) is 10.3 Å². The fraction of sp³-hybridized carbons (Fsp3) is 0.455. The molecule has 1 aliphatic rings. The van der Waals surface area contributed by atoms with Gasteiger partial charge in [0.05, 0.1) is 24.5 Å². The Morgan fingerprint density at radius 1 is 1.72 bits per heavy atom. The van der Waals surface area contributed by atoms with Crippen LogP contribution in [0.25, 0.3) is 0 Å². The second kappa shape index (κ2) is 5.55. The highest BCUT2D eigenvalue weighted by Gasteiger charge is 2.26. The topological polar surface area (TPSA) is 91.5 Å². The average Bonchev–Trinajstić information content (AvgIpc) is 2.49. The third-order valence-electron chi connectivity index (χ3n) is 2.69. The Morgan fingerprint density at radius 3 is 3.22 bits per heavy atom. The fourth-order valence-corrected chi connectivity index (χ4v) is 2.73. The molecule has 0 saturated heterocycles. The van der Waals surface area contributed by atoms with Crippen LogP contribution < -0.4 is 16.0 Å². The number of carbonyl (C=O) groups is 1. The monoisotopic (exact) mass is 268 g/mol. The summed E-state index contributed by atoms with van der Waals surface area (Å²) in [6.45, 7) is 0.500. The van der Waals surface area contributed by atoms with E-state index in [4.69, 9.17) is 10.8 Å². The highest BCUT2D eigenvalue weighted by atomic mass is 32.2. The first-order valence-corrected chi connectivity index (χ1v) is 6.62. The van der Waals surface area contributed by atoms with E-state index >= 15 is 0 Å². The number of thioether (sulfide) groups is 1. The van der Waals surface area contributed by atoms with Gasteiger partial charge in [0.2, 0.25) is 5.91 Å². The van der Waals surface area contributed by atoms with Crippen LogP contribution >= 0.6 is 11.8 Å². The van der Waals surface area contributed by atoms with Gasteiger partial charge in [-0.15, -0.1) is 11.8 Å². The molecule has 1 amide bonds. The van der Waals surface area contributed by atoms with Crippen molar-refractivity contribution in [3.8, 4) is 0 Å². The molecule has 6 nitrogen and oxygen atoms in total. The summed E-state index contributed by atoms with van der Waals surface area (Å²) < 4.78 is 0. The van der Waals surface area contributed by atoms with E-state index in [-0.39, 0.29) is 12.5 Å². The van der Waals surface area contributed by atoms with Crippen LogP contribution in [0.3, 0.4) is 0 Å². The number of aliphatic hydroxyl groups is 1. The largest absolute Gasteiger partial charge is 0.395 e. The Morgan fingerprint density at radius 2 is 2.50 bits per heavy atom. The van der Waals surface area contributed by atoms with E-state index in [1.807, 2.05) is 6.07 Å². The fourth-order valence-electron chi connectivity index (χ4n) is 1.70. The van der Waals surface area contributed by atoms with Crippen molar-refractivity contribution in [2.45, 2.75) is 10.9 Å². The van der Waals surface area contributed by atoms with Crippen molar-refractivity contribution < 1.29 is 9.90 Å². The zero-order chi connectivity index (χ0) is 13.1. The number of nitrogens with two attached hydrogens (primary N) is 1. The number of fused-ring (bicyclic) bond motifs is 1. The van der Waals surface area contributed by atoms with Gasteiger partial charge in [0.15, 0.2) is 0 Å². The van der Waals surface area contributed by atoms with Crippen molar-refractivity contribution in [3.05, 3.63) is 12.3 Å². The molecule has 1 aromatic heterocycles. The molecule has 1 aromatic rings. The molecule has 18 heavy (non-hydrogen) atoms. The van der Waals surface area contributed by atoms with Crippen molar-refractivity contribution in [1.82, 2.24) is 4.98 Å². The summed E-state index contributed by atoms with van der Waals surface area (Å²) in [6, 6.07) is 1.39. The molecule has 0 spiro atoms. The molecule has 0 fully saturated rings. The molecule has 0 unspecified atom stereocenters. The van der Waals surface area contributed by atoms with Crippen LogP contribution in [-0.4, -0.2) is 48.0 Å². The van der Waals surface area contributed by atoms with Gasteiger partial charge in [0.1, 0.15) is 5.82 Å². The lowest BCUT2D eigenvalue weighted by molar-refractivity contribution is -0.119. The number of hydrogen-bond donors (Lipinski definition) is 3. The smallest absolute Gasteiger partial charge is 0.244 e. The molecule has 0 aromatic carbocycles. The first-order chi connectivity index (χ1) is 8.63. The van der Waals surface area contributed by atoms with Crippen LogP contribution in [0.4, 0.5) is 11.5 Å². The molecular weight excluding hydrogens is 252 g/mol. The van der Waals surface area contributed by atoms with Gasteiger partial charge >= 0.3 is 0 Å². The third-order valence-corrected chi connectivity index (χ3v) is 3.86. The number of pyridine rings is 1. The van der Waals surface area contributed by atoms with E-state index in [9.17, 15) is 4.79 Å². The molecule has 0 saturated carbocycles. The first kappa shape index (κ1) is 13.1. The maximum absolute atomic E-state index is 11.9. The lowest BCUT2D eigenvalue weighted by Gasteiger charge is -2.18. The molecular formula is C11H16N4O2S. The minimum atomic E-state index is -0.485. The Kier molecular flexibility index (Phi) is 4.05. The number of rotatable bonds is 3. The second-order valence-corrected chi connectivity index (χ2v) is 5.06. The first-order valence-electron chi connectivity index (χ1n) is 5.64.